The molecule has 1 fully saturated rings. The minimum Gasteiger partial charge on any atom is -0.381 e. The zero-order valence-electron chi connectivity index (χ0n) is 9.04. The summed E-state index contributed by atoms with van der Waals surface area (Å²) in [5.74, 6) is 0.503. The second-order valence-electron chi connectivity index (χ2n) is 4.04. The molecule has 1 aromatic heterocycles. The maximum atomic E-state index is 6.49. The Morgan fingerprint density at radius 2 is 2.47 bits per heavy atom. The van der Waals surface area contributed by atoms with Crippen LogP contribution in [0.5, 0.6) is 0 Å². The SMILES string of the molecule is CCc1ccc(C(Cl)C2CCCOC2)s1. The molecule has 1 aliphatic heterocycles. The molecule has 1 saturated heterocycles. The molecule has 1 nitrogen and oxygen atoms in total. The van der Waals surface area contributed by atoms with Gasteiger partial charge in [-0.2, -0.15) is 0 Å². The fourth-order valence-corrected chi connectivity index (χ4v) is 3.39. The standard InChI is InChI=1S/C12H17ClOS/c1-2-10-5-6-11(15-10)12(13)9-4-3-7-14-8-9/h5-6,9,12H,2-4,7-8H2,1H3. The number of hydrogen-bond donors (Lipinski definition) is 0. The monoisotopic (exact) mass is 244 g/mol. The van der Waals surface area contributed by atoms with E-state index in [1.807, 2.05) is 11.3 Å². The first kappa shape index (κ1) is 11.4. The van der Waals surface area contributed by atoms with Crippen LogP contribution in [0.15, 0.2) is 12.1 Å². The summed E-state index contributed by atoms with van der Waals surface area (Å²) in [6, 6.07) is 4.37. The van der Waals surface area contributed by atoms with Crippen molar-refractivity contribution < 1.29 is 4.74 Å². The van der Waals surface area contributed by atoms with Gasteiger partial charge in [0.2, 0.25) is 0 Å². The molecule has 2 heterocycles. The second-order valence-corrected chi connectivity index (χ2v) is 5.71. The zero-order valence-corrected chi connectivity index (χ0v) is 10.6. The molecule has 3 heteroatoms. The third-order valence-electron chi connectivity index (χ3n) is 2.91. The lowest BCUT2D eigenvalue weighted by Gasteiger charge is -2.25. The molecule has 0 saturated carbocycles. The molecule has 0 N–H and O–H groups in total. The van der Waals surface area contributed by atoms with Crippen LogP contribution in [0, 0.1) is 5.92 Å². The molecular weight excluding hydrogens is 228 g/mol. The van der Waals surface area contributed by atoms with E-state index in [0.717, 1.165) is 26.1 Å². The number of aryl methyl sites for hydroxylation is 1. The van der Waals surface area contributed by atoms with E-state index < -0.39 is 0 Å². The van der Waals surface area contributed by atoms with Crippen LogP contribution in [0.1, 0.15) is 34.9 Å². The van der Waals surface area contributed by atoms with Crippen molar-refractivity contribution in [1.29, 1.82) is 0 Å². The van der Waals surface area contributed by atoms with Crippen LogP contribution in [-0.4, -0.2) is 13.2 Å². The lowest BCUT2D eigenvalue weighted by molar-refractivity contribution is 0.0534. The van der Waals surface area contributed by atoms with Gasteiger partial charge in [-0.05, 0) is 31.4 Å². The van der Waals surface area contributed by atoms with E-state index in [2.05, 4.69) is 19.1 Å². The Morgan fingerprint density at radius 3 is 3.07 bits per heavy atom. The van der Waals surface area contributed by atoms with Gasteiger partial charge in [0.15, 0.2) is 0 Å². The Labute approximate surface area is 100 Å². The second kappa shape index (κ2) is 5.33. The number of thiophene rings is 1. The predicted octanol–water partition coefficient (Wildman–Crippen LogP) is 4.02. The van der Waals surface area contributed by atoms with E-state index >= 15 is 0 Å². The van der Waals surface area contributed by atoms with Gasteiger partial charge in [0.05, 0.1) is 12.0 Å². The van der Waals surface area contributed by atoms with E-state index in [4.69, 9.17) is 16.3 Å². The molecule has 0 aromatic carbocycles. The fourth-order valence-electron chi connectivity index (χ4n) is 1.96. The van der Waals surface area contributed by atoms with Crippen molar-refractivity contribution in [3.05, 3.63) is 21.9 Å². The van der Waals surface area contributed by atoms with Gasteiger partial charge in [0.1, 0.15) is 0 Å². The highest BCUT2D eigenvalue weighted by Crippen LogP contribution is 2.37. The minimum atomic E-state index is 0.149. The summed E-state index contributed by atoms with van der Waals surface area (Å²) >= 11 is 8.33. The lowest BCUT2D eigenvalue weighted by atomic mass is 9.97. The van der Waals surface area contributed by atoms with Crippen LogP contribution >= 0.6 is 22.9 Å². The summed E-state index contributed by atoms with van der Waals surface area (Å²) in [5.41, 5.74) is 0. The average molecular weight is 245 g/mol. The summed E-state index contributed by atoms with van der Waals surface area (Å²) in [7, 11) is 0. The number of rotatable bonds is 3. The smallest absolute Gasteiger partial charge is 0.0728 e. The molecule has 0 bridgehead atoms. The van der Waals surface area contributed by atoms with Gasteiger partial charge in [-0.3, -0.25) is 0 Å². The normalized spacial score (nSPS) is 24.0. The van der Waals surface area contributed by atoms with Gasteiger partial charge >= 0.3 is 0 Å². The molecule has 2 unspecified atom stereocenters. The fraction of sp³-hybridized carbons (Fsp3) is 0.667. The van der Waals surface area contributed by atoms with Crippen LogP contribution < -0.4 is 0 Å². The molecule has 1 aliphatic rings. The largest absolute Gasteiger partial charge is 0.381 e. The maximum absolute atomic E-state index is 6.49. The first-order valence-corrected chi connectivity index (χ1v) is 6.87. The average Bonchev–Trinajstić information content (AvgIpc) is 2.78. The predicted molar refractivity (Wildman–Crippen MR) is 65.8 cm³/mol. The lowest BCUT2D eigenvalue weighted by Crippen LogP contribution is -2.20. The molecule has 0 aliphatic carbocycles. The highest BCUT2D eigenvalue weighted by molar-refractivity contribution is 7.12. The topological polar surface area (TPSA) is 9.23 Å². The molecule has 84 valence electrons. The summed E-state index contributed by atoms with van der Waals surface area (Å²) in [6.07, 6.45) is 3.46. The summed E-state index contributed by atoms with van der Waals surface area (Å²) in [6.45, 7) is 3.92. The molecule has 2 atom stereocenters. The van der Waals surface area contributed by atoms with Gasteiger partial charge < -0.3 is 4.74 Å². The van der Waals surface area contributed by atoms with Crippen molar-refractivity contribution in [2.24, 2.45) is 5.92 Å². The van der Waals surface area contributed by atoms with Crippen molar-refractivity contribution in [2.45, 2.75) is 31.6 Å². The van der Waals surface area contributed by atoms with E-state index in [1.54, 1.807) is 0 Å². The van der Waals surface area contributed by atoms with Gasteiger partial charge in [-0.1, -0.05) is 6.92 Å². The molecule has 1 aromatic rings. The molecule has 0 amide bonds. The first-order chi connectivity index (χ1) is 7.31. The van der Waals surface area contributed by atoms with Gasteiger partial charge in [-0.25, -0.2) is 0 Å². The highest BCUT2D eigenvalue weighted by atomic mass is 35.5. The Hall–Kier alpha value is -0.0500. The quantitative estimate of drug-likeness (QED) is 0.730. The summed E-state index contributed by atoms with van der Waals surface area (Å²) in [4.78, 5) is 2.73. The Kier molecular flexibility index (Phi) is 4.06. The molecular formula is C12H17ClOS. The highest BCUT2D eigenvalue weighted by Gasteiger charge is 2.24. The van der Waals surface area contributed by atoms with Gasteiger partial charge in [0.25, 0.3) is 0 Å². The van der Waals surface area contributed by atoms with Crippen LogP contribution in [0.25, 0.3) is 0 Å². The molecule has 0 radical (unpaired) electrons. The Bertz CT molecular complexity index is 304. The Morgan fingerprint density at radius 1 is 1.60 bits per heavy atom. The third kappa shape index (κ3) is 2.74. The van der Waals surface area contributed by atoms with E-state index in [9.17, 15) is 0 Å². The first-order valence-electron chi connectivity index (χ1n) is 5.61. The van der Waals surface area contributed by atoms with Crippen LogP contribution in [-0.2, 0) is 11.2 Å². The number of hydrogen-bond acceptors (Lipinski definition) is 2. The number of ether oxygens (including phenoxy) is 1. The third-order valence-corrected chi connectivity index (χ3v) is 4.95. The van der Waals surface area contributed by atoms with Crippen molar-refractivity contribution in [1.82, 2.24) is 0 Å². The van der Waals surface area contributed by atoms with Crippen molar-refractivity contribution in [3.8, 4) is 0 Å². The van der Waals surface area contributed by atoms with Crippen molar-refractivity contribution in [2.75, 3.05) is 13.2 Å². The number of alkyl halides is 1. The number of halogens is 1. The van der Waals surface area contributed by atoms with Crippen molar-refractivity contribution >= 4 is 22.9 Å². The van der Waals surface area contributed by atoms with Crippen LogP contribution in [0.4, 0.5) is 0 Å². The van der Waals surface area contributed by atoms with Gasteiger partial charge in [0, 0.05) is 22.3 Å². The van der Waals surface area contributed by atoms with Crippen LogP contribution in [0.2, 0.25) is 0 Å². The Balaban J connectivity index is 2.02. The minimum absolute atomic E-state index is 0.149. The zero-order chi connectivity index (χ0) is 10.7. The van der Waals surface area contributed by atoms with Crippen LogP contribution in [0.3, 0.4) is 0 Å². The summed E-state index contributed by atoms with van der Waals surface area (Å²) in [5, 5.41) is 0.149. The van der Waals surface area contributed by atoms with E-state index in [1.165, 1.54) is 16.2 Å². The van der Waals surface area contributed by atoms with Gasteiger partial charge in [-0.15, -0.1) is 22.9 Å². The van der Waals surface area contributed by atoms with E-state index in [-0.39, 0.29) is 5.38 Å². The van der Waals surface area contributed by atoms with Crippen molar-refractivity contribution in [3.63, 3.8) is 0 Å². The summed E-state index contributed by atoms with van der Waals surface area (Å²) < 4.78 is 5.48. The molecule has 15 heavy (non-hydrogen) atoms. The molecule has 2 rings (SSSR count). The maximum Gasteiger partial charge on any atom is 0.0728 e. The van der Waals surface area contributed by atoms with E-state index in [0.29, 0.717) is 5.92 Å². The molecule has 0 spiro atoms.